The molecule has 0 heterocycles. The molecule has 0 spiro atoms. The van der Waals surface area contributed by atoms with Crippen molar-refractivity contribution in [2.75, 3.05) is 7.11 Å². The van der Waals surface area contributed by atoms with Gasteiger partial charge in [0.15, 0.2) is 0 Å². The fourth-order valence-electron chi connectivity index (χ4n) is 3.32. The first-order valence-electron chi connectivity index (χ1n) is 9.97. The largest absolute Gasteiger partial charge is 0.465 e. The van der Waals surface area contributed by atoms with E-state index in [-0.39, 0.29) is 5.97 Å². The normalized spacial score (nSPS) is 11.8. The second-order valence-electron chi connectivity index (χ2n) is 7.32. The maximum atomic E-state index is 11.5. The Morgan fingerprint density at radius 3 is 1.71 bits per heavy atom. The molecule has 3 rings (SSSR count). The van der Waals surface area contributed by atoms with Crippen molar-refractivity contribution >= 4 is 5.97 Å². The van der Waals surface area contributed by atoms with E-state index in [4.69, 9.17) is 4.74 Å². The number of methoxy groups -OCH3 is 1. The van der Waals surface area contributed by atoms with Crippen LogP contribution in [0.15, 0.2) is 72.8 Å². The van der Waals surface area contributed by atoms with E-state index in [0.717, 1.165) is 12.8 Å². The highest BCUT2D eigenvalue weighted by atomic mass is 16.5. The summed E-state index contributed by atoms with van der Waals surface area (Å²) in [6, 6.07) is 25.4. The summed E-state index contributed by atoms with van der Waals surface area (Å²) in [5.74, 6) is 0.317. The predicted molar refractivity (Wildman–Crippen MR) is 116 cm³/mol. The zero-order valence-corrected chi connectivity index (χ0v) is 16.9. The zero-order chi connectivity index (χ0) is 19.9. The van der Waals surface area contributed by atoms with Gasteiger partial charge in [-0.25, -0.2) is 4.79 Å². The van der Waals surface area contributed by atoms with Crippen LogP contribution in [0, 0.1) is 0 Å². The van der Waals surface area contributed by atoms with Crippen LogP contribution in [-0.4, -0.2) is 13.1 Å². The van der Waals surface area contributed by atoms with Crippen molar-refractivity contribution in [2.24, 2.45) is 0 Å². The summed E-state index contributed by atoms with van der Waals surface area (Å²) in [7, 11) is 1.40. The molecule has 0 saturated heterocycles. The van der Waals surface area contributed by atoms with Crippen molar-refractivity contribution in [3.8, 4) is 11.1 Å². The third-order valence-corrected chi connectivity index (χ3v) is 5.46. The van der Waals surface area contributed by atoms with Crippen LogP contribution in [0.5, 0.6) is 0 Å². The third-order valence-electron chi connectivity index (χ3n) is 5.46. The quantitative estimate of drug-likeness (QED) is 0.446. The van der Waals surface area contributed by atoms with Crippen molar-refractivity contribution < 1.29 is 9.53 Å². The second kappa shape index (κ2) is 9.36. The lowest BCUT2D eigenvalue weighted by atomic mass is 9.95. The van der Waals surface area contributed by atoms with Gasteiger partial charge in [0.1, 0.15) is 0 Å². The minimum absolute atomic E-state index is 0.292. The van der Waals surface area contributed by atoms with Crippen LogP contribution < -0.4 is 0 Å². The van der Waals surface area contributed by atoms with Gasteiger partial charge in [-0.15, -0.1) is 0 Å². The van der Waals surface area contributed by atoms with E-state index in [1.54, 1.807) is 0 Å². The Morgan fingerprint density at radius 2 is 1.25 bits per heavy atom. The van der Waals surface area contributed by atoms with Crippen LogP contribution in [0.4, 0.5) is 0 Å². The first-order valence-corrected chi connectivity index (χ1v) is 9.97. The van der Waals surface area contributed by atoms with Gasteiger partial charge in [0.05, 0.1) is 12.7 Å². The van der Waals surface area contributed by atoms with E-state index in [9.17, 15) is 4.79 Å². The van der Waals surface area contributed by atoms with Gasteiger partial charge in [-0.2, -0.15) is 0 Å². The molecule has 0 bridgehead atoms. The Kier molecular flexibility index (Phi) is 6.65. The molecule has 0 aliphatic rings. The standard InChI is InChI=1S/C26H28O2/c1-4-19(2)22-15-17-24(18-16-22)23-11-7-20(8-12-23)5-6-21-9-13-25(14-10-21)26(27)28-3/h7-19H,4-6H2,1-3H3. The van der Waals surface area contributed by atoms with Crippen molar-refractivity contribution in [1.82, 2.24) is 0 Å². The molecular formula is C26H28O2. The van der Waals surface area contributed by atoms with Crippen LogP contribution in [0.1, 0.15) is 53.2 Å². The highest BCUT2D eigenvalue weighted by Crippen LogP contribution is 2.24. The Labute approximate surface area is 168 Å². The molecule has 0 N–H and O–H groups in total. The summed E-state index contributed by atoms with van der Waals surface area (Å²) in [4.78, 5) is 11.5. The van der Waals surface area contributed by atoms with E-state index >= 15 is 0 Å². The summed E-state index contributed by atoms with van der Waals surface area (Å²) < 4.78 is 4.74. The summed E-state index contributed by atoms with van der Waals surface area (Å²) in [6.45, 7) is 4.50. The lowest BCUT2D eigenvalue weighted by molar-refractivity contribution is 0.0600. The first kappa shape index (κ1) is 19.9. The number of carbonyl (C=O) groups excluding carboxylic acids is 1. The van der Waals surface area contributed by atoms with Gasteiger partial charge in [0.25, 0.3) is 0 Å². The van der Waals surface area contributed by atoms with Crippen LogP contribution in [-0.2, 0) is 17.6 Å². The van der Waals surface area contributed by atoms with Crippen LogP contribution in [0.3, 0.4) is 0 Å². The van der Waals surface area contributed by atoms with Crippen LogP contribution in [0.2, 0.25) is 0 Å². The van der Waals surface area contributed by atoms with E-state index in [0.29, 0.717) is 11.5 Å². The Hall–Kier alpha value is -2.87. The minimum Gasteiger partial charge on any atom is -0.465 e. The van der Waals surface area contributed by atoms with E-state index in [2.05, 4.69) is 62.4 Å². The van der Waals surface area contributed by atoms with Gasteiger partial charge in [-0.3, -0.25) is 0 Å². The van der Waals surface area contributed by atoms with Crippen LogP contribution in [0.25, 0.3) is 11.1 Å². The summed E-state index contributed by atoms with van der Waals surface area (Å²) in [5, 5.41) is 0. The van der Waals surface area contributed by atoms with E-state index in [1.807, 2.05) is 24.3 Å². The molecule has 0 aliphatic carbocycles. The van der Waals surface area contributed by atoms with E-state index in [1.165, 1.54) is 41.3 Å². The molecule has 3 aromatic carbocycles. The molecule has 0 amide bonds. The molecule has 0 radical (unpaired) electrons. The Morgan fingerprint density at radius 1 is 0.786 bits per heavy atom. The lowest BCUT2D eigenvalue weighted by Gasteiger charge is -2.10. The maximum absolute atomic E-state index is 11.5. The van der Waals surface area contributed by atoms with Gasteiger partial charge < -0.3 is 4.74 Å². The highest BCUT2D eigenvalue weighted by Gasteiger charge is 2.06. The number of carbonyl (C=O) groups is 1. The molecule has 3 aromatic rings. The van der Waals surface area contributed by atoms with Gasteiger partial charge in [-0.05, 0) is 65.1 Å². The minimum atomic E-state index is -0.292. The van der Waals surface area contributed by atoms with Crippen molar-refractivity contribution in [1.29, 1.82) is 0 Å². The van der Waals surface area contributed by atoms with Crippen molar-refractivity contribution in [3.05, 3.63) is 95.1 Å². The molecule has 2 heteroatoms. The third kappa shape index (κ3) is 4.89. The second-order valence-corrected chi connectivity index (χ2v) is 7.32. The van der Waals surface area contributed by atoms with Gasteiger partial charge in [0.2, 0.25) is 0 Å². The van der Waals surface area contributed by atoms with Crippen molar-refractivity contribution in [3.63, 3.8) is 0 Å². The average molecular weight is 373 g/mol. The fraction of sp³-hybridized carbons (Fsp3) is 0.269. The lowest BCUT2D eigenvalue weighted by Crippen LogP contribution is -2.01. The van der Waals surface area contributed by atoms with Crippen molar-refractivity contribution in [2.45, 2.75) is 39.0 Å². The summed E-state index contributed by atoms with van der Waals surface area (Å²) in [6.07, 6.45) is 3.09. The Bertz CT molecular complexity index is 891. The molecule has 28 heavy (non-hydrogen) atoms. The molecule has 0 aliphatic heterocycles. The number of ether oxygens (including phenoxy) is 1. The first-order chi connectivity index (χ1) is 13.6. The molecule has 1 unspecified atom stereocenters. The monoisotopic (exact) mass is 372 g/mol. The average Bonchev–Trinajstić information content (AvgIpc) is 2.77. The molecule has 144 valence electrons. The smallest absolute Gasteiger partial charge is 0.337 e. The predicted octanol–water partition coefficient (Wildman–Crippen LogP) is 6.44. The number of rotatable bonds is 7. The number of esters is 1. The fourth-order valence-corrected chi connectivity index (χ4v) is 3.32. The highest BCUT2D eigenvalue weighted by molar-refractivity contribution is 5.89. The van der Waals surface area contributed by atoms with E-state index < -0.39 is 0 Å². The molecule has 0 saturated carbocycles. The maximum Gasteiger partial charge on any atom is 0.337 e. The molecule has 2 nitrogen and oxygen atoms in total. The number of hydrogen-bond donors (Lipinski definition) is 0. The number of benzene rings is 3. The SMILES string of the molecule is CCC(C)c1ccc(-c2ccc(CCc3ccc(C(=O)OC)cc3)cc2)cc1. The summed E-state index contributed by atoms with van der Waals surface area (Å²) in [5.41, 5.74) is 7.05. The number of hydrogen-bond acceptors (Lipinski definition) is 2. The molecule has 0 fully saturated rings. The molecule has 1 atom stereocenters. The number of aryl methyl sites for hydroxylation is 2. The van der Waals surface area contributed by atoms with Gasteiger partial charge in [0, 0.05) is 0 Å². The Balaban J connectivity index is 1.60. The zero-order valence-electron chi connectivity index (χ0n) is 16.9. The molecule has 0 aromatic heterocycles. The van der Waals surface area contributed by atoms with Crippen LogP contribution >= 0.6 is 0 Å². The van der Waals surface area contributed by atoms with Gasteiger partial charge >= 0.3 is 5.97 Å². The van der Waals surface area contributed by atoms with Gasteiger partial charge in [-0.1, -0.05) is 74.5 Å². The summed E-state index contributed by atoms with van der Waals surface area (Å²) >= 11 is 0. The topological polar surface area (TPSA) is 26.3 Å². The molecular weight excluding hydrogens is 344 g/mol.